The molecule has 0 fully saturated rings. The summed E-state index contributed by atoms with van der Waals surface area (Å²) < 4.78 is 10.5. The number of nitrogen functional groups attached to an aromatic ring is 1. The van der Waals surface area contributed by atoms with Gasteiger partial charge in [-0.25, -0.2) is 4.98 Å². The molecule has 2 rings (SSSR count). The number of aromatic nitrogens is 1. The monoisotopic (exact) mass is 238 g/mol. The Morgan fingerprint density at radius 3 is 2.75 bits per heavy atom. The first kappa shape index (κ1) is 10.8. The summed E-state index contributed by atoms with van der Waals surface area (Å²) in [6.45, 7) is 1.91. The van der Waals surface area contributed by atoms with Gasteiger partial charge in [0.05, 0.1) is 18.9 Å². The highest BCUT2D eigenvalue weighted by molar-refractivity contribution is 6.31. The van der Waals surface area contributed by atoms with Crippen molar-refractivity contribution in [2.24, 2.45) is 0 Å². The van der Waals surface area contributed by atoms with Crippen LogP contribution in [0.15, 0.2) is 22.7 Å². The van der Waals surface area contributed by atoms with Crippen LogP contribution >= 0.6 is 11.6 Å². The molecule has 2 aromatic rings. The Bertz CT molecular complexity index is 523. The second kappa shape index (κ2) is 4.06. The van der Waals surface area contributed by atoms with Crippen molar-refractivity contribution < 1.29 is 9.15 Å². The molecule has 2 N–H and O–H groups in total. The Kier molecular flexibility index (Phi) is 2.75. The maximum Gasteiger partial charge on any atom is 0.292 e. The van der Waals surface area contributed by atoms with Crippen LogP contribution in [0.5, 0.6) is 5.75 Å². The Balaban J connectivity index is 2.59. The van der Waals surface area contributed by atoms with Gasteiger partial charge in [0.1, 0.15) is 5.75 Å². The molecule has 0 aliphatic carbocycles. The molecule has 1 aromatic carbocycles. The maximum absolute atomic E-state index is 6.05. The number of rotatable bonds is 2. The SMILES string of the molecule is COc1cc(C)c(Cl)cc1-c1cnc(N)o1. The fourth-order valence-corrected chi connectivity index (χ4v) is 1.59. The van der Waals surface area contributed by atoms with Crippen LogP contribution in [0, 0.1) is 6.92 Å². The first-order chi connectivity index (χ1) is 7.61. The molecule has 0 amide bonds. The lowest BCUT2D eigenvalue weighted by Gasteiger charge is -2.08. The van der Waals surface area contributed by atoms with E-state index in [0.717, 1.165) is 11.1 Å². The van der Waals surface area contributed by atoms with Crippen LogP contribution in [-0.4, -0.2) is 12.1 Å². The smallest absolute Gasteiger partial charge is 0.292 e. The summed E-state index contributed by atoms with van der Waals surface area (Å²) in [6.07, 6.45) is 1.54. The minimum absolute atomic E-state index is 0.119. The van der Waals surface area contributed by atoms with Crippen LogP contribution < -0.4 is 10.5 Å². The lowest BCUT2D eigenvalue weighted by molar-refractivity contribution is 0.414. The lowest BCUT2D eigenvalue weighted by atomic mass is 10.1. The zero-order chi connectivity index (χ0) is 11.7. The lowest BCUT2D eigenvalue weighted by Crippen LogP contribution is -1.89. The van der Waals surface area contributed by atoms with Crippen molar-refractivity contribution >= 4 is 17.6 Å². The largest absolute Gasteiger partial charge is 0.496 e. The number of hydrogen-bond acceptors (Lipinski definition) is 4. The normalized spacial score (nSPS) is 10.4. The van der Waals surface area contributed by atoms with Crippen molar-refractivity contribution in [1.82, 2.24) is 4.98 Å². The molecule has 0 radical (unpaired) electrons. The molecule has 16 heavy (non-hydrogen) atoms. The van der Waals surface area contributed by atoms with Crippen LogP contribution in [0.4, 0.5) is 6.01 Å². The van der Waals surface area contributed by atoms with E-state index in [2.05, 4.69) is 4.98 Å². The van der Waals surface area contributed by atoms with Gasteiger partial charge in [-0.2, -0.15) is 0 Å². The molecule has 0 aliphatic heterocycles. The number of oxazole rings is 1. The molecule has 0 saturated carbocycles. The molecule has 84 valence electrons. The molecule has 0 spiro atoms. The minimum atomic E-state index is 0.119. The van der Waals surface area contributed by atoms with Crippen LogP contribution in [-0.2, 0) is 0 Å². The van der Waals surface area contributed by atoms with Crippen molar-refractivity contribution in [3.8, 4) is 17.1 Å². The Labute approximate surface area is 98.0 Å². The number of benzene rings is 1. The van der Waals surface area contributed by atoms with Crippen molar-refractivity contribution in [1.29, 1.82) is 0 Å². The molecule has 0 bridgehead atoms. The van der Waals surface area contributed by atoms with Gasteiger partial charge in [-0.15, -0.1) is 0 Å². The first-order valence-corrected chi connectivity index (χ1v) is 5.05. The number of nitrogens with two attached hydrogens (primary N) is 1. The van der Waals surface area contributed by atoms with Gasteiger partial charge in [0.2, 0.25) is 0 Å². The van der Waals surface area contributed by atoms with Gasteiger partial charge in [-0.05, 0) is 24.6 Å². The summed E-state index contributed by atoms with van der Waals surface area (Å²) >= 11 is 6.05. The molecular formula is C11H11ClN2O2. The number of aryl methyl sites for hydroxylation is 1. The average Bonchev–Trinajstić information content (AvgIpc) is 2.68. The summed E-state index contributed by atoms with van der Waals surface area (Å²) in [5, 5.41) is 0.644. The fraction of sp³-hybridized carbons (Fsp3) is 0.182. The van der Waals surface area contributed by atoms with E-state index < -0.39 is 0 Å². The van der Waals surface area contributed by atoms with Crippen molar-refractivity contribution in [3.63, 3.8) is 0 Å². The summed E-state index contributed by atoms with van der Waals surface area (Å²) in [5.74, 6) is 1.22. The van der Waals surface area contributed by atoms with Crippen LogP contribution in [0.25, 0.3) is 11.3 Å². The fourth-order valence-electron chi connectivity index (χ4n) is 1.43. The van der Waals surface area contributed by atoms with Crippen LogP contribution in [0.3, 0.4) is 0 Å². The van der Waals surface area contributed by atoms with E-state index in [1.807, 2.05) is 13.0 Å². The predicted octanol–water partition coefficient (Wildman–Crippen LogP) is 2.89. The number of halogens is 1. The predicted molar refractivity (Wildman–Crippen MR) is 62.7 cm³/mol. The van der Waals surface area contributed by atoms with Crippen LogP contribution in [0.2, 0.25) is 5.02 Å². The Morgan fingerprint density at radius 1 is 1.44 bits per heavy atom. The molecule has 0 aliphatic rings. The topological polar surface area (TPSA) is 61.3 Å². The highest BCUT2D eigenvalue weighted by Gasteiger charge is 2.12. The maximum atomic E-state index is 6.05. The average molecular weight is 239 g/mol. The quantitative estimate of drug-likeness (QED) is 0.874. The third kappa shape index (κ3) is 1.84. The number of methoxy groups -OCH3 is 1. The van der Waals surface area contributed by atoms with Gasteiger partial charge in [0.15, 0.2) is 5.76 Å². The highest BCUT2D eigenvalue weighted by Crippen LogP contribution is 2.35. The van der Waals surface area contributed by atoms with Crippen molar-refractivity contribution in [2.75, 3.05) is 12.8 Å². The van der Waals surface area contributed by atoms with E-state index in [9.17, 15) is 0 Å². The van der Waals surface area contributed by atoms with Crippen molar-refractivity contribution in [2.45, 2.75) is 6.92 Å². The molecule has 0 saturated heterocycles. The number of nitrogens with zero attached hydrogens (tertiary/aromatic N) is 1. The first-order valence-electron chi connectivity index (χ1n) is 4.67. The zero-order valence-electron chi connectivity index (χ0n) is 8.95. The third-order valence-corrected chi connectivity index (χ3v) is 2.68. The van der Waals surface area contributed by atoms with Gasteiger partial charge in [0.25, 0.3) is 6.01 Å². The molecule has 5 heteroatoms. The second-order valence-electron chi connectivity index (χ2n) is 3.36. The second-order valence-corrected chi connectivity index (χ2v) is 3.77. The molecule has 1 aromatic heterocycles. The van der Waals surface area contributed by atoms with Crippen LogP contribution in [0.1, 0.15) is 5.56 Å². The van der Waals surface area contributed by atoms with E-state index in [0.29, 0.717) is 16.5 Å². The minimum Gasteiger partial charge on any atom is -0.496 e. The highest BCUT2D eigenvalue weighted by atomic mass is 35.5. The Hall–Kier alpha value is -1.68. The standard InChI is InChI=1S/C11H11ClN2O2/c1-6-3-9(15-2)7(4-8(6)12)10-5-14-11(13)16-10/h3-5H,1-2H3,(H2,13,14). The molecule has 0 atom stereocenters. The summed E-state index contributed by atoms with van der Waals surface area (Å²) in [6, 6.07) is 3.74. The van der Waals surface area contributed by atoms with E-state index in [-0.39, 0.29) is 6.01 Å². The zero-order valence-corrected chi connectivity index (χ0v) is 9.71. The number of ether oxygens (including phenoxy) is 1. The van der Waals surface area contributed by atoms with E-state index in [1.54, 1.807) is 19.4 Å². The van der Waals surface area contributed by atoms with Gasteiger partial charge in [-0.1, -0.05) is 11.6 Å². The Morgan fingerprint density at radius 2 is 2.19 bits per heavy atom. The van der Waals surface area contributed by atoms with Gasteiger partial charge in [-0.3, -0.25) is 0 Å². The summed E-state index contributed by atoms with van der Waals surface area (Å²) in [5.41, 5.74) is 7.10. The third-order valence-electron chi connectivity index (χ3n) is 2.27. The molecule has 4 nitrogen and oxygen atoms in total. The number of hydrogen-bond donors (Lipinski definition) is 1. The van der Waals surface area contributed by atoms with Gasteiger partial charge >= 0.3 is 0 Å². The van der Waals surface area contributed by atoms with E-state index in [1.165, 1.54) is 0 Å². The molecule has 1 heterocycles. The summed E-state index contributed by atoms with van der Waals surface area (Å²) in [7, 11) is 1.59. The number of anilines is 1. The van der Waals surface area contributed by atoms with Gasteiger partial charge in [0, 0.05) is 5.02 Å². The van der Waals surface area contributed by atoms with Gasteiger partial charge < -0.3 is 14.9 Å². The summed E-state index contributed by atoms with van der Waals surface area (Å²) in [4.78, 5) is 3.83. The van der Waals surface area contributed by atoms with Crippen molar-refractivity contribution in [3.05, 3.63) is 28.9 Å². The molecule has 0 unspecified atom stereocenters. The molecular weight excluding hydrogens is 228 g/mol. The van der Waals surface area contributed by atoms with E-state index in [4.69, 9.17) is 26.5 Å². The van der Waals surface area contributed by atoms with E-state index >= 15 is 0 Å².